The molecule has 0 spiro atoms. The second-order valence-electron chi connectivity index (χ2n) is 7.81. The van der Waals surface area contributed by atoms with Gasteiger partial charge in [-0.3, -0.25) is 4.79 Å². The quantitative estimate of drug-likeness (QED) is 0.860. The summed E-state index contributed by atoms with van der Waals surface area (Å²) >= 11 is 0. The van der Waals surface area contributed by atoms with E-state index in [1.165, 1.54) is 24.4 Å². The molecule has 2 aliphatic heterocycles. The van der Waals surface area contributed by atoms with Gasteiger partial charge in [0.15, 0.2) is 5.76 Å². The van der Waals surface area contributed by atoms with E-state index in [0.717, 1.165) is 63.5 Å². The summed E-state index contributed by atoms with van der Waals surface area (Å²) in [4.78, 5) is 19.8. The fourth-order valence-electron chi connectivity index (χ4n) is 3.98. The lowest BCUT2D eigenvalue weighted by atomic mass is 10.1. The monoisotopic (exact) mass is 393 g/mol. The van der Waals surface area contributed by atoms with E-state index in [-0.39, 0.29) is 11.7 Å². The van der Waals surface area contributed by atoms with Crippen molar-refractivity contribution in [3.05, 3.63) is 41.9 Å². The highest BCUT2D eigenvalue weighted by Crippen LogP contribution is 2.33. The van der Waals surface area contributed by atoms with Crippen molar-refractivity contribution >= 4 is 23.0 Å². The highest BCUT2D eigenvalue weighted by molar-refractivity contribution is 6.04. The van der Waals surface area contributed by atoms with Crippen molar-refractivity contribution in [2.24, 2.45) is 0 Å². The maximum Gasteiger partial charge on any atom is 0.291 e. The molecule has 0 unspecified atom stereocenters. The number of nitrogens with zero attached hydrogens (tertiary/aromatic N) is 4. The lowest BCUT2D eigenvalue weighted by Crippen LogP contribution is -2.44. The van der Waals surface area contributed by atoms with E-state index in [4.69, 9.17) is 9.68 Å². The van der Waals surface area contributed by atoms with Crippen LogP contribution in [-0.2, 0) is 0 Å². The largest absolute Gasteiger partial charge is 0.458 e. The molecule has 4 rings (SSSR count). The van der Waals surface area contributed by atoms with Crippen molar-refractivity contribution in [3.8, 4) is 6.07 Å². The highest BCUT2D eigenvalue weighted by atomic mass is 16.3. The number of carbonyl (C=O) groups excluding carboxylic acids is 1. The molecule has 1 aromatic carbocycles. The molecular formula is C22H27N5O2. The second kappa shape index (κ2) is 8.58. The lowest BCUT2D eigenvalue weighted by molar-refractivity contribution is 0.0996. The third kappa shape index (κ3) is 4.38. The van der Waals surface area contributed by atoms with Crippen molar-refractivity contribution in [1.29, 1.82) is 5.26 Å². The Labute approximate surface area is 171 Å². The van der Waals surface area contributed by atoms with Gasteiger partial charge in [-0.2, -0.15) is 5.26 Å². The number of carbonyl (C=O) groups is 1. The van der Waals surface area contributed by atoms with Crippen LogP contribution < -0.4 is 15.1 Å². The highest BCUT2D eigenvalue weighted by Gasteiger charge is 2.21. The molecule has 0 atom stereocenters. The first-order valence-electron chi connectivity index (χ1n) is 10.3. The molecule has 29 heavy (non-hydrogen) atoms. The fourth-order valence-corrected chi connectivity index (χ4v) is 3.98. The molecule has 2 fully saturated rings. The zero-order valence-corrected chi connectivity index (χ0v) is 16.9. The van der Waals surface area contributed by atoms with Crippen LogP contribution in [0.2, 0.25) is 0 Å². The van der Waals surface area contributed by atoms with E-state index in [1.54, 1.807) is 0 Å². The van der Waals surface area contributed by atoms with Crippen molar-refractivity contribution < 1.29 is 9.21 Å². The predicted molar refractivity (Wildman–Crippen MR) is 114 cm³/mol. The van der Waals surface area contributed by atoms with E-state index in [1.807, 2.05) is 12.1 Å². The molecule has 0 saturated carbocycles. The number of hydrogen-bond acceptors (Lipinski definition) is 6. The average molecular weight is 393 g/mol. The summed E-state index contributed by atoms with van der Waals surface area (Å²) in [5, 5.41) is 11.9. The van der Waals surface area contributed by atoms with Crippen LogP contribution in [0.25, 0.3) is 0 Å². The number of anilines is 3. The summed E-state index contributed by atoms with van der Waals surface area (Å²) in [6.45, 7) is 6.10. The molecule has 2 aliphatic rings. The second-order valence-corrected chi connectivity index (χ2v) is 7.81. The lowest BCUT2D eigenvalue weighted by Gasteiger charge is -2.36. The zero-order valence-electron chi connectivity index (χ0n) is 16.9. The molecule has 1 amide bonds. The molecule has 0 bridgehead atoms. The Hall–Kier alpha value is -2.98. The summed E-state index contributed by atoms with van der Waals surface area (Å²) in [6.07, 6.45) is 4.88. The average Bonchev–Trinajstić information content (AvgIpc) is 3.25. The minimum atomic E-state index is -0.336. The molecule has 7 heteroatoms. The van der Waals surface area contributed by atoms with Gasteiger partial charge in [0.1, 0.15) is 12.3 Å². The van der Waals surface area contributed by atoms with E-state index in [0.29, 0.717) is 5.56 Å². The van der Waals surface area contributed by atoms with Gasteiger partial charge in [-0.1, -0.05) is 0 Å². The zero-order chi connectivity index (χ0) is 20.2. The maximum atomic E-state index is 12.7. The first kappa shape index (κ1) is 19.3. The van der Waals surface area contributed by atoms with Crippen molar-refractivity contribution in [3.63, 3.8) is 0 Å². The van der Waals surface area contributed by atoms with Gasteiger partial charge in [0.2, 0.25) is 0 Å². The van der Waals surface area contributed by atoms with Crippen LogP contribution in [-0.4, -0.2) is 57.1 Å². The minimum Gasteiger partial charge on any atom is -0.458 e. The maximum absolute atomic E-state index is 12.7. The first-order chi connectivity index (χ1) is 14.1. The first-order valence-corrected chi connectivity index (χ1v) is 10.3. The summed E-state index contributed by atoms with van der Waals surface area (Å²) < 4.78 is 5.24. The molecule has 1 aromatic heterocycles. The van der Waals surface area contributed by atoms with E-state index >= 15 is 0 Å². The van der Waals surface area contributed by atoms with Crippen molar-refractivity contribution in [2.45, 2.75) is 19.3 Å². The number of furan rings is 1. The number of amides is 1. The topological polar surface area (TPSA) is 75.7 Å². The van der Waals surface area contributed by atoms with Gasteiger partial charge in [-0.05, 0) is 44.5 Å². The van der Waals surface area contributed by atoms with Gasteiger partial charge in [-0.15, -0.1) is 0 Å². The number of benzene rings is 1. The molecule has 2 saturated heterocycles. The van der Waals surface area contributed by atoms with Crippen LogP contribution in [0.5, 0.6) is 0 Å². The van der Waals surface area contributed by atoms with Gasteiger partial charge in [-0.25, -0.2) is 0 Å². The van der Waals surface area contributed by atoms with Gasteiger partial charge >= 0.3 is 0 Å². The van der Waals surface area contributed by atoms with Gasteiger partial charge < -0.3 is 24.4 Å². The number of piperidine rings is 1. The normalized spacial score (nSPS) is 17.8. The van der Waals surface area contributed by atoms with Crippen molar-refractivity contribution in [2.75, 3.05) is 61.4 Å². The van der Waals surface area contributed by atoms with Crippen LogP contribution >= 0.6 is 0 Å². The van der Waals surface area contributed by atoms with Crippen molar-refractivity contribution in [1.82, 2.24) is 4.90 Å². The van der Waals surface area contributed by atoms with E-state index in [9.17, 15) is 4.79 Å². The number of likely N-dealkylation sites (N-methyl/N-ethyl adjacent to an activating group) is 1. The summed E-state index contributed by atoms with van der Waals surface area (Å²) in [7, 11) is 2.15. The van der Waals surface area contributed by atoms with Crippen LogP contribution in [0.15, 0.2) is 34.9 Å². The van der Waals surface area contributed by atoms with Gasteiger partial charge in [0, 0.05) is 51.0 Å². The van der Waals surface area contributed by atoms with Crippen LogP contribution in [0.3, 0.4) is 0 Å². The SMILES string of the molecule is CN1CCN(c2ccc(NC(=O)c3cc(C#N)co3)c(N3CCCCC3)c2)CC1. The van der Waals surface area contributed by atoms with Crippen LogP contribution in [0.4, 0.5) is 17.1 Å². The van der Waals surface area contributed by atoms with E-state index in [2.05, 4.69) is 39.2 Å². The molecule has 0 aliphatic carbocycles. The third-order valence-corrected chi connectivity index (χ3v) is 5.75. The molecule has 152 valence electrons. The molecular weight excluding hydrogens is 366 g/mol. The molecule has 7 nitrogen and oxygen atoms in total. The van der Waals surface area contributed by atoms with Gasteiger partial charge in [0.25, 0.3) is 5.91 Å². The van der Waals surface area contributed by atoms with Crippen LogP contribution in [0, 0.1) is 11.3 Å². The number of nitriles is 1. The Kier molecular flexibility index (Phi) is 5.72. The number of nitrogens with one attached hydrogen (secondary N) is 1. The number of hydrogen-bond donors (Lipinski definition) is 1. The Morgan fingerprint density at radius 3 is 2.48 bits per heavy atom. The number of piperazine rings is 1. The van der Waals surface area contributed by atoms with Crippen LogP contribution in [0.1, 0.15) is 35.4 Å². The van der Waals surface area contributed by atoms with E-state index < -0.39 is 0 Å². The molecule has 3 heterocycles. The fraction of sp³-hybridized carbons (Fsp3) is 0.455. The summed E-state index contributed by atoms with van der Waals surface area (Å²) in [6, 6.07) is 9.73. The van der Waals surface area contributed by atoms with Gasteiger partial charge in [0.05, 0.1) is 16.9 Å². The standard InChI is InChI=1S/C22H27N5O2/c1-25-9-11-26(12-10-25)18-5-6-19(20(14-18)27-7-3-2-4-8-27)24-22(28)21-13-17(15-23)16-29-21/h5-6,13-14,16H,2-4,7-12H2,1H3,(H,24,28). The summed E-state index contributed by atoms with van der Waals surface area (Å²) in [5.74, 6) is -0.189. The minimum absolute atomic E-state index is 0.147. The Bertz CT molecular complexity index is 902. The Balaban J connectivity index is 1.59. The molecule has 2 aromatic rings. The molecule has 1 N–H and O–H groups in total. The predicted octanol–water partition coefficient (Wildman–Crippen LogP) is 3.15. The smallest absolute Gasteiger partial charge is 0.291 e. The number of rotatable bonds is 4. The Morgan fingerprint density at radius 1 is 1.03 bits per heavy atom. The third-order valence-electron chi connectivity index (χ3n) is 5.75. The summed E-state index contributed by atoms with van der Waals surface area (Å²) in [5.41, 5.74) is 3.38. The molecule has 0 radical (unpaired) electrons. The Morgan fingerprint density at radius 2 is 1.79 bits per heavy atom.